The monoisotopic (exact) mass is 278 g/mol. The molecule has 0 bridgehead atoms. The molecule has 1 fully saturated rings. The molecule has 1 aliphatic rings. The van der Waals surface area contributed by atoms with E-state index in [1.54, 1.807) is 0 Å². The van der Waals surface area contributed by atoms with Gasteiger partial charge in [-0.25, -0.2) is 0 Å². The van der Waals surface area contributed by atoms with Gasteiger partial charge < -0.3 is 10.6 Å². The number of carbonyl (C=O) groups is 1. The Balaban J connectivity index is 2.12. The molecule has 112 valence electrons. The maximum absolute atomic E-state index is 12.2. The van der Waals surface area contributed by atoms with Crippen molar-refractivity contribution in [1.82, 2.24) is 20.4 Å². The second kappa shape index (κ2) is 5.56. The molecular formula is C15H26N4O. The van der Waals surface area contributed by atoms with E-state index in [1.165, 1.54) is 0 Å². The minimum absolute atomic E-state index is 0.0678. The number of nitrogens with one attached hydrogen (secondary N) is 2. The van der Waals surface area contributed by atoms with Gasteiger partial charge in [-0.2, -0.15) is 5.10 Å². The molecule has 0 aliphatic carbocycles. The number of hydrogen-bond acceptors (Lipinski definition) is 3. The average Bonchev–Trinajstić information content (AvgIpc) is 2.71. The fourth-order valence-corrected chi connectivity index (χ4v) is 2.28. The first-order chi connectivity index (χ1) is 9.29. The van der Waals surface area contributed by atoms with Crippen molar-refractivity contribution in [2.75, 3.05) is 19.6 Å². The van der Waals surface area contributed by atoms with Gasteiger partial charge in [0, 0.05) is 31.2 Å². The molecule has 2 heterocycles. The van der Waals surface area contributed by atoms with E-state index in [0.717, 1.165) is 25.3 Å². The van der Waals surface area contributed by atoms with Crippen LogP contribution in [-0.2, 0) is 5.54 Å². The summed E-state index contributed by atoms with van der Waals surface area (Å²) in [6.45, 7) is 13.3. The van der Waals surface area contributed by atoms with Crippen LogP contribution in [0.1, 0.15) is 56.7 Å². The zero-order valence-corrected chi connectivity index (χ0v) is 13.2. The van der Waals surface area contributed by atoms with Crippen molar-refractivity contribution in [1.29, 1.82) is 0 Å². The summed E-state index contributed by atoms with van der Waals surface area (Å²) in [5.41, 5.74) is 1.51. The van der Waals surface area contributed by atoms with Crippen LogP contribution in [0.4, 0.5) is 0 Å². The number of aromatic nitrogens is 2. The minimum atomic E-state index is -0.115. The highest BCUT2D eigenvalue weighted by Crippen LogP contribution is 2.23. The third-order valence-electron chi connectivity index (χ3n) is 3.61. The molecule has 0 radical (unpaired) electrons. The van der Waals surface area contributed by atoms with Gasteiger partial charge in [0.2, 0.25) is 0 Å². The van der Waals surface area contributed by atoms with E-state index in [4.69, 9.17) is 0 Å². The molecule has 0 unspecified atom stereocenters. The van der Waals surface area contributed by atoms with Crippen LogP contribution in [0.15, 0.2) is 6.07 Å². The minimum Gasteiger partial charge on any atom is -0.350 e. The molecule has 0 aromatic carbocycles. The van der Waals surface area contributed by atoms with Crippen LogP contribution < -0.4 is 10.6 Å². The third kappa shape index (κ3) is 3.20. The smallest absolute Gasteiger partial charge is 0.271 e. The zero-order valence-electron chi connectivity index (χ0n) is 13.2. The van der Waals surface area contributed by atoms with E-state index in [9.17, 15) is 4.79 Å². The SMILES string of the molecule is CC(C)c1cc(C(=O)NCC2CNC2)nn1C(C)(C)C. The second-order valence-corrected chi connectivity index (χ2v) is 6.93. The molecule has 1 amide bonds. The molecule has 1 saturated heterocycles. The van der Waals surface area contributed by atoms with E-state index >= 15 is 0 Å². The maximum Gasteiger partial charge on any atom is 0.271 e. The lowest BCUT2D eigenvalue weighted by molar-refractivity contribution is 0.0935. The summed E-state index contributed by atoms with van der Waals surface area (Å²) in [6, 6.07) is 1.92. The van der Waals surface area contributed by atoms with Gasteiger partial charge >= 0.3 is 0 Å². The molecule has 0 spiro atoms. The Kier molecular flexibility index (Phi) is 4.18. The molecule has 1 aromatic heterocycles. The van der Waals surface area contributed by atoms with E-state index in [1.807, 2.05) is 10.7 Å². The Morgan fingerprint density at radius 1 is 1.50 bits per heavy atom. The van der Waals surface area contributed by atoms with Crippen molar-refractivity contribution < 1.29 is 4.79 Å². The number of rotatable bonds is 4. The van der Waals surface area contributed by atoms with Crippen LogP contribution >= 0.6 is 0 Å². The summed E-state index contributed by atoms with van der Waals surface area (Å²) in [6.07, 6.45) is 0. The van der Waals surface area contributed by atoms with Crippen molar-refractivity contribution in [2.45, 2.75) is 46.1 Å². The summed E-state index contributed by atoms with van der Waals surface area (Å²) in [5, 5.41) is 10.7. The van der Waals surface area contributed by atoms with Crippen LogP contribution in [0, 0.1) is 5.92 Å². The van der Waals surface area contributed by atoms with Crippen LogP contribution in [-0.4, -0.2) is 35.3 Å². The van der Waals surface area contributed by atoms with Crippen LogP contribution in [0.2, 0.25) is 0 Å². The molecule has 0 atom stereocenters. The topological polar surface area (TPSA) is 59.0 Å². The lowest BCUT2D eigenvalue weighted by atomic mass is 10.0. The molecule has 1 aliphatic heterocycles. The van der Waals surface area contributed by atoms with Crippen LogP contribution in [0.25, 0.3) is 0 Å². The summed E-state index contributed by atoms with van der Waals surface area (Å²) in [4.78, 5) is 12.2. The summed E-state index contributed by atoms with van der Waals surface area (Å²) < 4.78 is 1.97. The molecule has 5 nitrogen and oxygen atoms in total. The van der Waals surface area contributed by atoms with Gasteiger partial charge in [0.25, 0.3) is 5.91 Å². The lowest BCUT2D eigenvalue weighted by Crippen LogP contribution is -2.48. The summed E-state index contributed by atoms with van der Waals surface area (Å²) >= 11 is 0. The molecule has 2 N–H and O–H groups in total. The normalized spacial score (nSPS) is 16.3. The first-order valence-corrected chi connectivity index (χ1v) is 7.38. The lowest BCUT2D eigenvalue weighted by Gasteiger charge is -2.26. The van der Waals surface area contributed by atoms with Crippen LogP contribution in [0.5, 0.6) is 0 Å². The highest BCUT2D eigenvalue weighted by molar-refractivity contribution is 5.92. The predicted molar refractivity (Wildman–Crippen MR) is 80.0 cm³/mol. The van der Waals surface area contributed by atoms with Gasteiger partial charge in [0.05, 0.1) is 5.54 Å². The molecule has 20 heavy (non-hydrogen) atoms. The standard InChI is InChI=1S/C15H26N4O/c1-10(2)13-6-12(18-19(13)15(3,4)5)14(20)17-9-11-7-16-8-11/h6,10-11,16H,7-9H2,1-5H3,(H,17,20). The Morgan fingerprint density at radius 3 is 2.55 bits per heavy atom. The largest absolute Gasteiger partial charge is 0.350 e. The number of amides is 1. The van der Waals surface area contributed by atoms with Crippen molar-refractivity contribution in [3.8, 4) is 0 Å². The third-order valence-corrected chi connectivity index (χ3v) is 3.61. The van der Waals surface area contributed by atoms with Crippen molar-refractivity contribution in [3.63, 3.8) is 0 Å². The fraction of sp³-hybridized carbons (Fsp3) is 0.733. The van der Waals surface area contributed by atoms with Gasteiger partial charge in [-0.1, -0.05) is 13.8 Å². The first-order valence-electron chi connectivity index (χ1n) is 7.38. The maximum atomic E-state index is 12.2. The molecular weight excluding hydrogens is 252 g/mol. The van der Waals surface area contributed by atoms with E-state index in [0.29, 0.717) is 17.5 Å². The Labute approximate surface area is 121 Å². The molecule has 5 heteroatoms. The molecule has 0 saturated carbocycles. The van der Waals surface area contributed by atoms with E-state index < -0.39 is 0 Å². The summed E-state index contributed by atoms with van der Waals surface area (Å²) in [5.74, 6) is 0.842. The van der Waals surface area contributed by atoms with Gasteiger partial charge in [-0.3, -0.25) is 9.48 Å². The van der Waals surface area contributed by atoms with Gasteiger partial charge in [0.1, 0.15) is 5.69 Å². The number of hydrogen-bond donors (Lipinski definition) is 2. The van der Waals surface area contributed by atoms with Gasteiger partial charge in [0.15, 0.2) is 0 Å². The quantitative estimate of drug-likeness (QED) is 0.881. The molecule has 1 aromatic rings. The predicted octanol–water partition coefficient (Wildman–Crippen LogP) is 1.71. The van der Waals surface area contributed by atoms with Gasteiger partial charge in [-0.05, 0) is 32.8 Å². The molecule has 2 rings (SSSR count). The highest BCUT2D eigenvalue weighted by Gasteiger charge is 2.24. The van der Waals surface area contributed by atoms with Crippen molar-refractivity contribution in [2.24, 2.45) is 5.92 Å². The van der Waals surface area contributed by atoms with Crippen LogP contribution in [0.3, 0.4) is 0 Å². The number of carbonyl (C=O) groups excluding carboxylic acids is 1. The zero-order chi connectivity index (χ0) is 14.9. The first kappa shape index (κ1) is 15.0. The average molecular weight is 278 g/mol. The van der Waals surface area contributed by atoms with E-state index in [-0.39, 0.29) is 11.4 Å². The Morgan fingerprint density at radius 2 is 2.15 bits per heavy atom. The van der Waals surface area contributed by atoms with Crippen molar-refractivity contribution in [3.05, 3.63) is 17.5 Å². The second-order valence-electron chi connectivity index (χ2n) is 6.93. The van der Waals surface area contributed by atoms with Gasteiger partial charge in [-0.15, -0.1) is 0 Å². The highest BCUT2D eigenvalue weighted by atomic mass is 16.1. The summed E-state index contributed by atoms with van der Waals surface area (Å²) in [7, 11) is 0. The Bertz CT molecular complexity index is 481. The van der Waals surface area contributed by atoms with Crippen molar-refractivity contribution >= 4 is 5.91 Å². The Hall–Kier alpha value is -1.36. The van der Waals surface area contributed by atoms with E-state index in [2.05, 4.69) is 50.4 Å². The fourth-order valence-electron chi connectivity index (χ4n) is 2.28. The number of nitrogens with zero attached hydrogens (tertiary/aromatic N) is 2.